The molecule has 3 rings (SSSR count). The van der Waals surface area contributed by atoms with E-state index in [9.17, 15) is 9.90 Å². The Morgan fingerprint density at radius 3 is 3.06 bits per heavy atom. The zero-order valence-corrected chi connectivity index (χ0v) is 10.2. The number of carboxylic acids is 1. The highest BCUT2D eigenvalue weighted by molar-refractivity contribution is 6.28. The van der Waals surface area contributed by atoms with E-state index in [0.717, 1.165) is 18.7 Å². The summed E-state index contributed by atoms with van der Waals surface area (Å²) in [5.41, 5.74) is 0.733. The van der Waals surface area contributed by atoms with Crippen molar-refractivity contribution in [3.05, 3.63) is 29.2 Å². The van der Waals surface area contributed by atoms with Crippen molar-refractivity contribution in [2.75, 3.05) is 0 Å². The Hall–Kier alpha value is -1.75. The standard InChI is InChI=1S/C12H11ClN2O3/c13-10-4-3-9(18-10)11-14-6-8-7(12(16)17)2-1-5-15(8)11/h3-4,6-7H,1-2,5H2,(H,16,17). The highest BCUT2D eigenvalue weighted by Crippen LogP contribution is 2.33. The van der Waals surface area contributed by atoms with E-state index < -0.39 is 11.9 Å². The lowest BCUT2D eigenvalue weighted by atomic mass is 9.96. The molecule has 3 heterocycles. The maximum atomic E-state index is 11.2. The molecule has 0 bridgehead atoms. The highest BCUT2D eigenvalue weighted by Gasteiger charge is 2.29. The minimum atomic E-state index is -0.806. The maximum Gasteiger partial charge on any atom is 0.312 e. The molecule has 0 aromatic carbocycles. The van der Waals surface area contributed by atoms with Gasteiger partial charge in [-0.05, 0) is 36.6 Å². The predicted octanol–water partition coefficient (Wildman–Crippen LogP) is 2.76. The molecule has 0 spiro atoms. The molecule has 1 aliphatic rings. The second kappa shape index (κ2) is 4.17. The number of aromatic nitrogens is 2. The van der Waals surface area contributed by atoms with Gasteiger partial charge >= 0.3 is 5.97 Å². The maximum absolute atomic E-state index is 11.2. The van der Waals surface area contributed by atoms with E-state index in [2.05, 4.69) is 4.98 Å². The monoisotopic (exact) mass is 266 g/mol. The Bertz CT molecular complexity index is 602. The lowest BCUT2D eigenvalue weighted by Gasteiger charge is -2.21. The minimum absolute atomic E-state index is 0.299. The summed E-state index contributed by atoms with van der Waals surface area (Å²) in [6.07, 6.45) is 3.09. The number of furan rings is 1. The molecule has 0 saturated carbocycles. The Morgan fingerprint density at radius 2 is 2.39 bits per heavy atom. The average molecular weight is 267 g/mol. The summed E-state index contributed by atoms with van der Waals surface area (Å²) in [7, 11) is 0. The number of rotatable bonds is 2. The molecule has 0 fully saturated rings. The molecule has 5 nitrogen and oxygen atoms in total. The van der Waals surface area contributed by atoms with E-state index in [1.54, 1.807) is 18.3 Å². The molecule has 1 atom stereocenters. The molecular weight excluding hydrogens is 256 g/mol. The number of carboxylic acid groups (broad SMARTS) is 1. The Morgan fingerprint density at radius 1 is 1.56 bits per heavy atom. The Labute approximate surface area is 108 Å². The lowest BCUT2D eigenvalue weighted by molar-refractivity contribution is -0.139. The van der Waals surface area contributed by atoms with Gasteiger partial charge in [-0.15, -0.1) is 0 Å². The zero-order chi connectivity index (χ0) is 12.7. The van der Waals surface area contributed by atoms with E-state index in [-0.39, 0.29) is 0 Å². The van der Waals surface area contributed by atoms with Crippen molar-refractivity contribution in [3.8, 4) is 11.6 Å². The molecule has 1 unspecified atom stereocenters. The third-order valence-electron chi connectivity index (χ3n) is 3.21. The van der Waals surface area contributed by atoms with E-state index in [1.807, 2.05) is 4.57 Å². The fourth-order valence-electron chi connectivity index (χ4n) is 2.38. The topological polar surface area (TPSA) is 68.3 Å². The van der Waals surface area contributed by atoms with Crippen LogP contribution in [0.2, 0.25) is 5.22 Å². The number of fused-ring (bicyclic) bond motifs is 1. The lowest BCUT2D eigenvalue weighted by Crippen LogP contribution is -2.21. The molecule has 0 saturated heterocycles. The second-order valence-electron chi connectivity index (χ2n) is 4.30. The van der Waals surface area contributed by atoms with Crippen LogP contribution in [0.25, 0.3) is 11.6 Å². The van der Waals surface area contributed by atoms with E-state index in [0.29, 0.717) is 23.2 Å². The van der Waals surface area contributed by atoms with Crippen LogP contribution < -0.4 is 0 Å². The number of hydrogen-bond donors (Lipinski definition) is 1. The molecule has 1 N–H and O–H groups in total. The number of imidazole rings is 1. The molecule has 1 aliphatic heterocycles. The van der Waals surface area contributed by atoms with Crippen LogP contribution in [0.4, 0.5) is 0 Å². The van der Waals surface area contributed by atoms with Crippen LogP contribution in [0.15, 0.2) is 22.7 Å². The van der Waals surface area contributed by atoms with E-state index >= 15 is 0 Å². The van der Waals surface area contributed by atoms with Gasteiger partial charge in [0.2, 0.25) is 0 Å². The van der Waals surface area contributed by atoms with Crippen molar-refractivity contribution in [1.29, 1.82) is 0 Å². The van der Waals surface area contributed by atoms with Crippen LogP contribution in [-0.4, -0.2) is 20.6 Å². The fraction of sp³-hybridized carbons (Fsp3) is 0.333. The quantitative estimate of drug-likeness (QED) is 0.907. The van der Waals surface area contributed by atoms with Crippen LogP contribution in [-0.2, 0) is 11.3 Å². The van der Waals surface area contributed by atoms with Gasteiger partial charge < -0.3 is 14.1 Å². The molecule has 18 heavy (non-hydrogen) atoms. The molecule has 0 amide bonds. The van der Waals surface area contributed by atoms with Gasteiger partial charge in [0.1, 0.15) is 0 Å². The van der Waals surface area contributed by atoms with Crippen LogP contribution in [0.3, 0.4) is 0 Å². The van der Waals surface area contributed by atoms with Gasteiger partial charge in [-0.1, -0.05) is 0 Å². The second-order valence-corrected chi connectivity index (χ2v) is 4.67. The number of hydrogen-bond acceptors (Lipinski definition) is 3. The third kappa shape index (κ3) is 1.71. The summed E-state index contributed by atoms with van der Waals surface area (Å²) in [6, 6.07) is 3.39. The number of carbonyl (C=O) groups is 1. The third-order valence-corrected chi connectivity index (χ3v) is 3.41. The summed E-state index contributed by atoms with van der Waals surface area (Å²) >= 11 is 5.74. The van der Waals surface area contributed by atoms with Crippen molar-refractivity contribution in [3.63, 3.8) is 0 Å². The van der Waals surface area contributed by atoms with Gasteiger partial charge in [-0.3, -0.25) is 4.79 Å². The Balaban J connectivity index is 2.07. The molecule has 2 aromatic heterocycles. The molecule has 6 heteroatoms. The largest absolute Gasteiger partial charge is 0.481 e. The first-order valence-electron chi connectivity index (χ1n) is 5.71. The molecule has 0 radical (unpaired) electrons. The van der Waals surface area contributed by atoms with Gasteiger partial charge in [0, 0.05) is 12.7 Å². The molecular formula is C12H11ClN2O3. The molecule has 2 aromatic rings. The van der Waals surface area contributed by atoms with Crippen LogP contribution >= 0.6 is 11.6 Å². The van der Waals surface area contributed by atoms with Crippen molar-refractivity contribution in [1.82, 2.24) is 9.55 Å². The first-order chi connectivity index (χ1) is 8.66. The van der Waals surface area contributed by atoms with Gasteiger partial charge in [0.15, 0.2) is 16.8 Å². The number of halogens is 1. The van der Waals surface area contributed by atoms with Gasteiger partial charge in [0.05, 0.1) is 11.6 Å². The summed E-state index contributed by atoms with van der Waals surface area (Å²) in [6.45, 7) is 0.757. The highest BCUT2D eigenvalue weighted by atomic mass is 35.5. The number of nitrogens with zero attached hydrogens (tertiary/aromatic N) is 2. The normalized spacial score (nSPS) is 18.6. The smallest absolute Gasteiger partial charge is 0.312 e. The van der Waals surface area contributed by atoms with Gasteiger partial charge in [-0.25, -0.2) is 4.98 Å². The summed E-state index contributed by atoms with van der Waals surface area (Å²) in [4.78, 5) is 15.4. The summed E-state index contributed by atoms with van der Waals surface area (Å²) < 4.78 is 7.22. The zero-order valence-electron chi connectivity index (χ0n) is 9.47. The molecule has 94 valence electrons. The van der Waals surface area contributed by atoms with Crippen molar-refractivity contribution in [2.45, 2.75) is 25.3 Å². The summed E-state index contributed by atoms with van der Waals surface area (Å²) in [5.74, 6) is -0.0783. The van der Waals surface area contributed by atoms with E-state index in [4.69, 9.17) is 16.0 Å². The van der Waals surface area contributed by atoms with Gasteiger partial charge in [0.25, 0.3) is 0 Å². The van der Waals surface area contributed by atoms with Crippen molar-refractivity contribution in [2.24, 2.45) is 0 Å². The average Bonchev–Trinajstić information content (AvgIpc) is 2.93. The van der Waals surface area contributed by atoms with Gasteiger partial charge in [-0.2, -0.15) is 0 Å². The van der Waals surface area contributed by atoms with Crippen LogP contribution in [0, 0.1) is 0 Å². The van der Waals surface area contributed by atoms with E-state index in [1.165, 1.54) is 0 Å². The van der Waals surface area contributed by atoms with Crippen molar-refractivity contribution < 1.29 is 14.3 Å². The number of aliphatic carboxylic acids is 1. The first-order valence-corrected chi connectivity index (χ1v) is 6.08. The SMILES string of the molecule is O=C(O)C1CCCn2c1cnc2-c1ccc(Cl)o1. The predicted molar refractivity (Wildman–Crippen MR) is 64.5 cm³/mol. The minimum Gasteiger partial charge on any atom is -0.481 e. The fourth-order valence-corrected chi connectivity index (χ4v) is 2.53. The first kappa shape index (κ1) is 11.3. The van der Waals surface area contributed by atoms with Crippen LogP contribution in [0.1, 0.15) is 24.5 Å². The van der Waals surface area contributed by atoms with Crippen molar-refractivity contribution >= 4 is 17.6 Å². The van der Waals surface area contributed by atoms with Crippen LogP contribution in [0.5, 0.6) is 0 Å². The summed E-state index contributed by atoms with van der Waals surface area (Å²) in [5, 5.41) is 9.48. The molecule has 0 aliphatic carbocycles. The Kier molecular flexibility index (Phi) is 2.63.